The Balaban J connectivity index is 1.80. The largest absolute Gasteiger partial charge is 0.346 e. The van der Waals surface area contributed by atoms with Crippen molar-refractivity contribution >= 4 is 5.91 Å². The number of hydrogen-bond donors (Lipinski definition) is 2. The number of carbonyl (C=O) groups is 1. The summed E-state index contributed by atoms with van der Waals surface area (Å²) in [5, 5.41) is 12.6. The first-order chi connectivity index (χ1) is 10.3. The summed E-state index contributed by atoms with van der Waals surface area (Å²) in [6.07, 6.45) is 5.04. The molecule has 0 aliphatic rings. The Kier molecular flexibility index (Phi) is 3.46. The number of para-hydroxylation sites is 1. The summed E-state index contributed by atoms with van der Waals surface area (Å²) in [5.41, 5.74) is 2.26. The van der Waals surface area contributed by atoms with E-state index < -0.39 is 0 Å². The lowest BCUT2D eigenvalue weighted by Crippen LogP contribution is -2.24. The second kappa shape index (κ2) is 5.58. The van der Waals surface area contributed by atoms with Crippen LogP contribution >= 0.6 is 0 Å². The standard InChI is InChI=1S/C14H14N6O/c1-10-15-6-7-20(10)13-5-3-2-4-11(13)8-16-14(21)12-9-17-19-18-12/h2-7,9H,8H2,1H3,(H,16,21)(H,17,18,19). The molecule has 3 aromatic rings. The third-order valence-corrected chi connectivity index (χ3v) is 3.16. The van der Waals surface area contributed by atoms with E-state index in [2.05, 4.69) is 25.7 Å². The molecule has 2 heterocycles. The highest BCUT2D eigenvalue weighted by atomic mass is 16.1. The molecule has 0 unspecified atom stereocenters. The fourth-order valence-corrected chi connectivity index (χ4v) is 2.10. The molecule has 0 bridgehead atoms. The van der Waals surface area contributed by atoms with Crippen LogP contribution in [0.25, 0.3) is 5.69 Å². The summed E-state index contributed by atoms with van der Waals surface area (Å²) in [5.74, 6) is 0.631. The van der Waals surface area contributed by atoms with Gasteiger partial charge in [-0.25, -0.2) is 4.98 Å². The molecule has 0 saturated carbocycles. The maximum atomic E-state index is 11.9. The number of H-pyrrole nitrogens is 1. The van der Waals surface area contributed by atoms with Crippen LogP contribution in [0.5, 0.6) is 0 Å². The molecule has 1 aromatic carbocycles. The van der Waals surface area contributed by atoms with Crippen molar-refractivity contribution in [3.05, 3.63) is 59.9 Å². The van der Waals surface area contributed by atoms with Crippen molar-refractivity contribution in [2.45, 2.75) is 13.5 Å². The molecule has 106 valence electrons. The average Bonchev–Trinajstić information content (AvgIpc) is 3.16. The van der Waals surface area contributed by atoms with Gasteiger partial charge in [-0.1, -0.05) is 18.2 Å². The summed E-state index contributed by atoms with van der Waals surface area (Å²) in [7, 11) is 0. The predicted octanol–water partition coefficient (Wildman–Crippen LogP) is 1.23. The number of imidazole rings is 1. The van der Waals surface area contributed by atoms with Crippen LogP contribution in [0.4, 0.5) is 0 Å². The van der Waals surface area contributed by atoms with E-state index in [4.69, 9.17) is 0 Å². The number of carbonyl (C=O) groups excluding carboxylic acids is 1. The van der Waals surface area contributed by atoms with Gasteiger partial charge in [0.2, 0.25) is 0 Å². The monoisotopic (exact) mass is 282 g/mol. The third-order valence-electron chi connectivity index (χ3n) is 3.16. The van der Waals surface area contributed by atoms with Gasteiger partial charge in [0.15, 0.2) is 5.69 Å². The van der Waals surface area contributed by atoms with E-state index in [0.29, 0.717) is 6.54 Å². The lowest BCUT2D eigenvalue weighted by molar-refractivity contribution is 0.0946. The first-order valence-corrected chi connectivity index (χ1v) is 6.48. The van der Waals surface area contributed by atoms with Gasteiger partial charge in [-0.15, -0.1) is 0 Å². The Labute approximate surface area is 121 Å². The second-order valence-electron chi connectivity index (χ2n) is 4.51. The fraction of sp³-hybridized carbons (Fsp3) is 0.143. The number of aryl methyl sites for hydroxylation is 1. The smallest absolute Gasteiger partial charge is 0.273 e. The first kappa shape index (κ1) is 13.0. The third kappa shape index (κ3) is 2.66. The van der Waals surface area contributed by atoms with Gasteiger partial charge >= 0.3 is 0 Å². The molecule has 0 radical (unpaired) electrons. The first-order valence-electron chi connectivity index (χ1n) is 6.48. The molecule has 0 aliphatic heterocycles. The highest BCUT2D eigenvalue weighted by molar-refractivity contribution is 5.91. The lowest BCUT2D eigenvalue weighted by atomic mass is 10.1. The molecule has 0 spiro atoms. The molecule has 0 atom stereocenters. The molecule has 1 amide bonds. The van der Waals surface area contributed by atoms with Gasteiger partial charge in [0.1, 0.15) is 5.82 Å². The van der Waals surface area contributed by atoms with Crippen LogP contribution in [0.1, 0.15) is 21.9 Å². The van der Waals surface area contributed by atoms with E-state index in [9.17, 15) is 4.79 Å². The van der Waals surface area contributed by atoms with E-state index in [0.717, 1.165) is 17.1 Å². The summed E-state index contributed by atoms with van der Waals surface area (Å²) < 4.78 is 1.98. The average molecular weight is 282 g/mol. The van der Waals surface area contributed by atoms with Crippen LogP contribution in [-0.4, -0.2) is 30.9 Å². The van der Waals surface area contributed by atoms with E-state index in [1.165, 1.54) is 6.20 Å². The van der Waals surface area contributed by atoms with Crippen LogP contribution < -0.4 is 5.32 Å². The van der Waals surface area contributed by atoms with E-state index in [1.54, 1.807) is 6.20 Å². The van der Waals surface area contributed by atoms with Gasteiger partial charge in [-0.2, -0.15) is 15.4 Å². The van der Waals surface area contributed by atoms with Crippen LogP contribution in [0.2, 0.25) is 0 Å². The number of nitrogens with one attached hydrogen (secondary N) is 2. The van der Waals surface area contributed by atoms with Crippen molar-refractivity contribution in [2.24, 2.45) is 0 Å². The number of amides is 1. The minimum Gasteiger partial charge on any atom is -0.346 e. The minimum atomic E-state index is -0.263. The minimum absolute atomic E-state index is 0.263. The maximum absolute atomic E-state index is 11.9. The van der Waals surface area contributed by atoms with E-state index in [1.807, 2.05) is 42.0 Å². The van der Waals surface area contributed by atoms with Gasteiger partial charge in [0.05, 0.1) is 11.9 Å². The molecule has 2 aromatic heterocycles. The highest BCUT2D eigenvalue weighted by Crippen LogP contribution is 2.16. The predicted molar refractivity (Wildman–Crippen MR) is 75.9 cm³/mol. The fourth-order valence-electron chi connectivity index (χ4n) is 2.10. The summed E-state index contributed by atoms with van der Waals surface area (Å²) in [4.78, 5) is 16.1. The zero-order valence-corrected chi connectivity index (χ0v) is 11.4. The second-order valence-corrected chi connectivity index (χ2v) is 4.51. The Morgan fingerprint density at radius 1 is 1.38 bits per heavy atom. The summed E-state index contributed by atoms with van der Waals surface area (Å²) in [6.45, 7) is 2.34. The normalized spacial score (nSPS) is 10.5. The van der Waals surface area contributed by atoms with Gasteiger partial charge in [0.25, 0.3) is 5.91 Å². The molecule has 0 aliphatic carbocycles. The molecule has 7 heteroatoms. The highest BCUT2D eigenvalue weighted by Gasteiger charge is 2.10. The Bertz CT molecular complexity index is 746. The molecular weight excluding hydrogens is 268 g/mol. The Hall–Kier alpha value is -2.96. The summed E-state index contributed by atoms with van der Waals surface area (Å²) >= 11 is 0. The Morgan fingerprint density at radius 3 is 2.95 bits per heavy atom. The van der Waals surface area contributed by atoms with Crippen LogP contribution in [0.15, 0.2) is 42.9 Å². The topological polar surface area (TPSA) is 88.5 Å². The number of rotatable bonds is 4. The molecule has 3 rings (SSSR count). The number of aromatic nitrogens is 5. The Morgan fingerprint density at radius 2 is 2.24 bits per heavy atom. The number of nitrogens with zero attached hydrogens (tertiary/aromatic N) is 4. The van der Waals surface area contributed by atoms with Crippen molar-refractivity contribution in [1.29, 1.82) is 0 Å². The van der Waals surface area contributed by atoms with Gasteiger partial charge in [0, 0.05) is 18.9 Å². The number of hydrogen-bond acceptors (Lipinski definition) is 4. The van der Waals surface area contributed by atoms with Crippen molar-refractivity contribution in [3.63, 3.8) is 0 Å². The zero-order valence-electron chi connectivity index (χ0n) is 11.4. The molecule has 21 heavy (non-hydrogen) atoms. The number of aromatic amines is 1. The number of benzene rings is 1. The van der Waals surface area contributed by atoms with Crippen molar-refractivity contribution in [3.8, 4) is 5.69 Å². The van der Waals surface area contributed by atoms with E-state index in [-0.39, 0.29) is 11.6 Å². The van der Waals surface area contributed by atoms with Gasteiger partial charge < -0.3 is 9.88 Å². The maximum Gasteiger partial charge on any atom is 0.273 e. The van der Waals surface area contributed by atoms with Crippen molar-refractivity contribution in [1.82, 2.24) is 30.3 Å². The SMILES string of the molecule is Cc1nccn1-c1ccccc1CNC(=O)c1cn[nH]n1. The van der Waals surface area contributed by atoms with Crippen molar-refractivity contribution < 1.29 is 4.79 Å². The summed E-state index contributed by atoms with van der Waals surface area (Å²) in [6, 6.07) is 7.86. The van der Waals surface area contributed by atoms with Crippen molar-refractivity contribution in [2.75, 3.05) is 0 Å². The lowest BCUT2D eigenvalue weighted by Gasteiger charge is -2.12. The van der Waals surface area contributed by atoms with Crippen LogP contribution in [0.3, 0.4) is 0 Å². The quantitative estimate of drug-likeness (QED) is 0.753. The molecule has 2 N–H and O–H groups in total. The van der Waals surface area contributed by atoms with Crippen LogP contribution in [-0.2, 0) is 6.54 Å². The zero-order chi connectivity index (χ0) is 14.7. The molecule has 0 fully saturated rings. The molecule has 7 nitrogen and oxygen atoms in total. The van der Waals surface area contributed by atoms with E-state index >= 15 is 0 Å². The van der Waals surface area contributed by atoms with Gasteiger partial charge in [-0.3, -0.25) is 4.79 Å². The van der Waals surface area contributed by atoms with Gasteiger partial charge in [-0.05, 0) is 18.6 Å². The van der Waals surface area contributed by atoms with Crippen LogP contribution in [0, 0.1) is 6.92 Å². The molecule has 0 saturated heterocycles. The molecular formula is C14H14N6O.